The first kappa shape index (κ1) is 11.5. The summed E-state index contributed by atoms with van der Waals surface area (Å²) >= 11 is 0. The number of hydrogen-bond donors (Lipinski definition) is 1. The lowest BCUT2D eigenvalue weighted by Gasteiger charge is -2.09. The highest BCUT2D eigenvalue weighted by atomic mass is 16.1. The van der Waals surface area contributed by atoms with Gasteiger partial charge in [0.25, 0.3) is 0 Å². The fourth-order valence-electron chi connectivity index (χ4n) is 1.35. The minimum absolute atomic E-state index is 0.0187. The molecule has 1 heterocycles. The minimum Gasteiger partial charge on any atom is -0.351 e. The van der Waals surface area contributed by atoms with Crippen LogP contribution in [-0.2, 0) is 11.3 Å². The van der Waals surface area contributed by atoms with E-state index in [1.807, 2.05) is 10.8 Å². The van der Waals surface area contributed by atoms with E-state index < -0.39 is 0 Å². The van der Waals surface area contributed by atoms with E-state index in [-0.39, 0.29) is 5.91 Å². The normalized spacial score (nSPS) is 10.3. The highest BCUT2D eigenvalue weighted by Crippen LogP contribution is 2.10. The smallest absolute Gasteiger partial charge is 0.240 e. The number of hydrogen-bond acceptors (Lipinski definition) is 2. The Balaban J connectivity index is 2.59. The molecule has 15 heavy (non-hydrogen) atoms. The molecule has 0 saturated heterocycles. The number of rotatable bonds is 5. The van der Waals surface area contributed by atoms with Crippen molar-refractivity contribution in [3.63, 3.8) is 0 Å². The lowest BCUT2D eigenvalue weighted by Crippen LogP contribution is -2.28. The molecular formula is C11H17N3O. The topological polar surface area (TPSA) is 46.9 Å². The van der Waals surface area contributed by atoms with Crippen LogP contribution in [0.15, 0.2) is 25.0 Å². The monoisotopic (exact) mass is 207 g/mol. The van der Waals surface area contributed by atoms with Crippen molar-refractivity contribution in [3.05, 3.63) is 30.9 Å². The second-order valence-corrected chi connectivity index (χ2v) is 3.66. The maximum atomic E-state index is 11.4. The van der Waals surface area contributed by atoms with E-state index in [4.69, 9.17) is 0 Å². The molecule has 1 N–H and O–H groups in total. The Morgan fingerprint density at radius 1 is 1.73 bits per heavy atom. The predicted octanol–water partition coefficient (Wildman–Crippen LogP) is 1.31. The number of carbonyl (C=O) groups excluding carboxylic acids is 1. The van der Waals surface area contributed by atoms with Crippen molar-refractivity contribution >= 4 is 5.91 Å². The van der Waals surface area contributed by atoms with E-state index in [9.17, 15) is 4.79 Å². The summed E-state index contributed by atoms with van der Waals surface area (Å²) in [7, 11) is 0. The average Bonchev–Trinajstić information content (AvgIpc) is 2.62. The van der Waals surface area contributed by atoms with Gasteiger partial charge >= 0.3 is 0 Å². The molecule has 4 nitrogen and oxygen atoms in total. The minimum atomic E-state index is -0.0187. The Morgan fingerprint density at radius 2 is 2.47 bits per heavy atom. The van der Waals surface area contributed by atoms with Crippen LogP contribution in [0.5, 0.6) is 0 Å². The maximum absolute atomic E-state index is 11.4. The van der Waals surface area contributed by atoms with Crippen molar-refractivity contribution < 1.29 is 4.79 Å². The molecule has 1 rings (SSSR count). The Labute approximate surface area is 90.0 Å². The predicted molar refractivity (Wildman–Crippen MR) is 59.5 cm³/mol. The molecule has 0 aromatic carbocycles. The summed E-state index contributed by atoms with van der Waals surface area (Å²) in [5.74, 6) is 1.24. The summed E-state index contributed by atoms with van der Waals surface area (Å²) in [4.78, 5) is 15.6. The van der Waals surface area contributed by atoms with Gasteiger partial charge in [-0.25, -0.2) is 4.98 Å². The van der Waals surface area contributed by atoms with Gasteiger partial charge in [0, 0.05) is 24.9 Å². The van der Waals surface area contributed by atoms with Gasteiger partial charge < -0.3 is 9.88 Å². The summed E-state index contributed by atoms with van der Waals surface area (Å²) in [6, 6.07) is 0. The van der Waals surface area contributed by atoms with Gasteiger partial charge in [0.05, 0.1) is 0 Å². The molecule has 0 bridgehead atoms. The van der Waals surface area contributed by atoms with Gasteiger partial charge in [0.1, 0.15) is 12.4 Å². The largest absolute Gasteiger partial charge is 0.351 e. The first-order valence-corrected chi connectivity index (χ1v) is 5.03. The van der Waals surface area contributed by atoms with Crippen LogP contribution in [0.1, 0.15) is 25.6 Å². The van der Waals surface area contributed by atoms with Crippen molar-refractivity contribution in [2.75, 3.05) is 6.54 Å². The summed E-state index contributed by atoms with van der Waals surface area (Å²) in [5, 5.41) is 2.73. The third-order valence-electron chi connectivity index (χ3n) is 2.02. The second kappa shape index (κ2) is 5.34. The van der Waals surface area contributed by atoms with Crippen LogP contribution < -0.4 is 5.32 Å². The van der Waals surface area contributed by atoms with Crippen LogP contribution in [-0.4, -0.2) is 22.0 Å². The van der Waals surface area contributed by atoms with E-state index in [1.165, 1.54) is 0 Å². The van der Waals surface area contributed by atoms with Gasteiger partial charge in [-0.05, 0) is 0 Å². The van der Waals surface area contributed by atoms with Gasteiger partial charge in [0.15, 0.2) is 0 Å². The van der Waals surface area contributed by atoms with E-state index in [2.05, 4.69) is 30.7 Å². The molecule has 0 fully saturated rings. The molecule has 4 heteroatoms. The zero-order valence-electron chi connectivity index (χ0n) is 9.23. The lowest BCUT2D eigenvalue weighted by molar-refractivity contribution is -0.121. The number of nitrogens with zero attached hydrogens (tertiary/aromatic N) is 2. The van der Waals surface area contributed by atoms with E-state index in [0.717, 1.165) is 5.82 Å². The average molecular weight is 207 g/mol. The molecule has 1 aromatic rings. The van der Waals surface area contributed by atoms with E-state index in [0.29, 0.717) is 19.0 Å². The number of nitrogens with one attached hydrogen (secondary N) is 1. The van der Waals surface area contributed by atoms with Crippen LogP contribution >= 0.6 is 0 Å². The van der Waals surface area contributed by atoms with E-state index in [1.54, 1.807) is 12.3 Å². The molecule has 0 aliphatic heterocycles. The zero-order chi connectivity index (χ0) is 11.3. The molecule has 0 saturated carbocycles. The lowest BCUT2D eigenvalue weighted by atomic mass is 10.2. The molecule has 0 aliphatic carbocycles. The number of carbonyl (C=O) groups is 1. The highest BCUT2D eigenvalue weighted by molar-refractivity contribution is 5.75. The summed E-state index contributed by atoms with van der Waals surface area (Å²) in [5.41, 5.74) is 0. The summed E-state index contributed by atoms with van der Waals surface area (Å²) in [6.45, 7) is 8.48. The van der Waals surface area contributed by atoms with Gasteiger partial charge in [-0.1, -0.05) is 19.9 Å². The number of imidazole rings is 1. The Kier molecular flexibility index (Phi) is 4.09. The molecule has 0 unspecified atom stereocenters. The van der Waals surface area contributed by atoms with Crippen LogP contribution in [0.25, 0.3) is 0 Å². The third kappa shape index (κ3) is 3.23. The fraction of sp³-hybridized carbons (Fsp3) is 0.455. The van der Waals surface area contributed by atoms with Crippen LogP contribution in [0.2, 0.25) is 0 Å². The van der Waals surface area contributed by atoms with Crippen molar-refractivity contribution in [1.82, 2.24) is 14.9 Å². The fourth-order valence-corrected chi connectivity index (χ4v) is 1.35. The Hall–Kier alpha value is -1.58. The zero-order valence-corrected chi connectivity index (χ0v) is 9.23. The highest BCUT2D eigenvalue weighted by Gasteiger charge is 2.09. The van der Waals surface area contributed by atoms with Crippen molar-refractivity contribution in [3.8, 4) is 0 Å². The van der Waals surface area contributed by atoms with Gasteiger partial charge in [-0.2, -0.15) is 0 Å². The molecule has 0 aliphatic rings. The van der Waals surface area contributed by atoms with Gasteiger partial charge in [0.2, 0.25) is 5.91 Å². The first-order valence-electron chi connectivity index (χ1n) is 5.03. The van der Waals surface area contributed by atoms with Crippen LogP contribution in [0.4, 0.5) is 0 Å². The number of amides is 1. The molecule has 0 radical (unpaired) electrons. The summed E-state index contributed by atoms with van der Waals surface area (Å²) < 4.78 is 1.86. The molecule has 0 atom stereocenters. The SMILES string of the molecule is C=CCNC(=O)Cn1ccnc1C(C)C. The second-order valence-electron chi connectivity index (χ2n) is 3.66. The molecule has 0 spiro atoms. The number of aromatic nitrogens is 2. The van der Waals surface area contributed by atoms with Crippen molar-refractivity contribution in [2.45, 2.75) is 26.3 Å². The Bertz CT molecular complexity index is 341. The van der Waals surface area contributed by atoms with Crippen LogP contribution in [0.3, 0.4) is 0 Å². The van der Waals surface area contributed by atoms with E-state index >= 15 is 0 Å². The molecule has 82 valence electrons. The standard InChI is InChI=1S/C11H17N3O/c1-4-5-12-10(15)8-14-7-6-13-11(14)9(2)3/h4,6-7,9H,1,5,8H2,2-3H3,(H,12,15). The molecule has 1 amide bonds. The maximum Gasteiger partial charge on any atom is 0.240 e. The Morgan fingerprint density at radius 3 is 3.07 bits per heavy atom. The van der Waals surface area contributed by atoms with Gasteiger partial charge in [-0.3, -0.25) is 4.79 Å². The third-order valence-corrected chi connectivity index (χ3v) is 2.02. The first-order chi connectivity index (χ1) is 7.15. The van der Waals surface area contributed by atoms with Crippen molar-refractivity contribution in [1.29, 1.82) is 0 Å². The molecular weight excluding hydrogens is 190 g/mol. The van der Waals surface area contributed by atoms with Crippen molar-refractivity contribution in [2.24, 2.45) is 0 Å². The summed E-state index contributed by atoms with van der Waals surface area (Å²) in [6.07, 6.45) is 5.20. The van der Waals surface area contributed by atoms with Crippen LogP contribution in [0, 0.1) is 0 Å². The van der Waals surface area contributed by atoms with Gasteiger partial charge in [-0.15, -0.1) is 6.58 Å². The molecule has 1 aromatic heterocycles. The quantitative estimate of drug-likeness (QED) is 0.740.